The van der Waals surface area contributed by atoms with Crippen LogP contribution >= 0.6 is 11.8 Å². The summed E-state index contributed by atoms with van der Waals surface area (Å²) < 4.78 is 2.33. The zero-order valence-electron chi connectivity index (χ0n) is 20.2. The van der Waals surface area contributed by atoms with Gasteiger partial charge in [0.25, 0.3) is 0 Å². The second-order valence-corrected chi connectivity index (χ2v) is 10.4. The van der Waals surface area contributed by atoms with Gasteiger partial charge in [-0.15, -0.1) is 10.2 Å². The van der Waals surface area contributed by atoms with E-state index in [4.69, 9.17) is 0 Å². The molecule has 1 heterocycles. The second kappa shape index (κ2) is 11.1. The van der Waals surface area contributed by atoms with Crippen molar-refractivity contribution < 1.29 is 4.79 Å². The highest BCUT2D eigenvalue weighted by Gasteiger charge is 2.24. The molecule has 3 aromatic carbocycles. The van der Waals surface area contributed by atoms with Gasteiger partial charge in [-0.05, 0) is 41.7 Å². The Bertz CT molecular complexity index is 1290. The van der Waals surface area contributed by atoms with Crippen LogP contribution in [0.1, 0.15) is 60.7 Å². The van der Waals surface area contributed by atoms with Gasteiger partial charge in [0, 0.05) is 19.0 Å². The van der Waals surface area contributed by atoms with Crippen LogP contribution in [0.15, 0.2) is 71.9 Å². The fourth-order valence-electron chi connectivity index (χ4n) is 4.94. The Morgan fingerprint density at radius 3 is 2.57 bits per heavy atom. The molecular formula is C29H32N4OS. The van der Waals surface area contributed by atoms with Crippen LogP contribution in [0.4, 0.5) is 0 Å². The Balaban J connectivity index is 1.32. The first-order valence-electron chi connectivity index (χ1n) is 12.5. The van der Waals surface area contributed by atoms with E-state index in [2.05, 4.69) is 93.7 Å². The monoisotopic (exact) mass is 484 g/mol. The third-order valence-electron chi connectivity index (χ3n) is 6.85. The van der Waals surface area contributed by atoms with Crippen LogP contribution in [0.5, 0.6) is 0 Å². The number of hydrogen-bond donors (Lipinski definition) is 1. The number of carbonyl (C=O) groups is 1. The van der Waals surface area contributed by atoms with E-state index in [0.29, 0.717) is 18.3 Å². The van der Waals surface area contributed by atoms with Gasteiger partial charge < -0.3 is 9.88 Å². The first kappa shape index (κ1) is 23.6. The second-order valence-electron chi connectivity index (χ2n) is 9.43. The van der Waals surface area contributed by atoms with Crippen LogP contribution in [0.3, 0.4) is 0 Å². The fraction of sp³-hybridized carbons (Fsp3) is 0.345. The van der Waals surface area contributed by atoms with Crippen LogP contribution in [0.25, 0.3) is 10.8 Å². The molecule has 1 aliphatic carbocycles. The fourth-order valence-corrected chi connectivity index (χ4v) is 5.79. The van der Waals surface area contributed by atoms with E-state index in [9.17, 15) is 4.79 Å². The van der Waals surface area contributed by atoms with Gasteiger partial charge in [0.15, 0.2) is 5.16 Å². The van der Waals surface area contributed by atoms with Crippen LogP contribution in [0, 0.1) is 6.92 Å². The number of carbonyl (C=O) groups excluding carboxylic acids is 1. The molecule has 1 fully saturated rings. The minimum Gasteiger partial charge on any atom is -0.351 e. The molecule has 0 aliphatic heterocycles. The van der Waals surface area contributed by atoms with Crippen LogP contribution in [-0.2, 0) is 17.8 Å². The Kier molecular flexibility index (Phi) is 7.48. The lowest BCUT2D eigenvalue weighted by molar-refractivity contribution is -0.118. The summed E-state index contributed by atoms with van der Waals surface area (Å²) in [6.45, 7) is 2.61. The molecule has 1 amide bonds. The zero-order valence-corrected chi connectivity index (χ0v) is 21.1. The third-order valence-corrected chi connectivity index (χ3v) is 7.79. The van der Waals surface area contributed by atoms with E-state index >= 15 is 0 Å². The van der Waals surface area contributed by atoms with E-state index in [1.807, 2.05) is 0 Å². The lowest BCUT2D eigenvalue weighted by Gasteiger charge is -2.25. The predicted molar refractivity (Wildman–Crippen MR) is 143 cm³/mol. The highest BCUT2D eigenvalue weighted by Crippen LogP contribution is 2.33. The van der Waals surface area contributed by atoms with Gasteiger partial charge >= 0.3 is 0 Å². The molecule has 1 aliphatic rings. The molecule has 4 aromatic rings. The van der Waals surface area contributed by atoms with Gasteiger partial charge in [0.1, 0.15) is 5.82 Å². The molecule has 180 valence electrons. The number of nitrogens with zero attached hydrogens (tertiary/aromatic N) is 3. The first-order valence-corrected chi connectivity index (χ1v) is 13.5. The van der Waals surface area contributed by atoms with Crippen molar-refractivity contribution in [3.63, 3.8) is 0 Å². The smallest absolute Gasteiger partial charge is 0.230 e. The molecule has 0 saturated heterocycles. The average molecular weight is 485 g/mol. The van der Waals surface area contributed by atoms with Crippen LogP contribution < -0.4 is 5.32 Å². The maximum absolute atomic E-state index is 12.6. The number of thioether (sulfide) groups is 1. The van der Waals surface area contributed by atoms with E-state index in [1.54, 1.807) is 0 Å². The Morgan fingerprint density at radius 2 is 1.74 bits per heavy atom. The standard InChI is InChI=1S/C29H32N4OS/c1-21-14-16-22(17-15-21)19-30-28(34)20-35-29-32-31-27(33(29)25-11-3-2-4-12-25)18-24-10-7-9-23-8-5-6-13-26(23)24/h5-10,13-17,25H,2-4,11-12,18-20H2,1H3,(H,30,34). The summed E-state index contributed by atoms with van der Waals surface area (Å²) in [6, 6.07) is 23.6. The van der Waals surface area contributed by atoms with Gasteiger partial charge in [-0.1, -0.05) is 103 Å². The van der Waals surface area contributed by atoms with Gasteiger partial charge in [0.05, 0.1) is 5.75 Å². The van der Waals surface area contributed by atoms with E-state index in [0.717, 1.165) is 35.8 Å². The molecule has 1 aromatic heterocycles. The zero-order chi connectivity index (χ0) is 24.0. The van der Waals surface area contributed by atoms with Crippen molar-refractivity contribution in [3.05, 3.63) is 89.2 Å². The molecule has 1 saturated carbocycles. The number of aromatic nitrogens is 3. The molecule has 6 heteroatoms. The Hall–Kier alpha value is -3.12. The van der Waals surface area contributed by atoms with Gasteiger partial charge in [-0.25, -0.2) is 0 Å². The summed E-state index contributed by atoms with van der Waals surface area (Å²) in [6.07, 6.45) is 6.79. The van der Waals surface area contributed by atoms with Crippen molar-refractivity contribution in [3.8, 4) is 0 Å². The largest absolute Gasteiger partial charge is 0.351 e. The summed E-state index contributed by atoms with van der Waals surface area (Å²) in [4.78, 5) is 12.6. The topological polar surface area (TPSA) is 59.8 Å². The molecular weight excluding hydrogens is 452 g/mol. The SMILES string of the molecule is Cc1ccc(CNC(=O)CSc2nnc(Cc3cccc4ccccc34)n2C2CCCCC2)cc1. The average Bonchev–Trinajstić information content (AvgIpc) is 3.30. The summed E-state index contributed by atoms with van der Waals surface area (Å²) >= 11 is 1.50. The molecule has 35 heavy (non-hydrogen) atoms. The van der Waals surface area contributed by atoms with Crippen LogP contribution in [-0.4, -0.2) is 26.4 Å². The number of benzene rings is 3. The van der Waals surface area contributed by atoms with Crippen LogP contribution in [0.2, 0.25) is 0 Å². The van der Waals surface area contributed by atoms with Gasteiger partial charge in [-0.2, -0.15) is 0 Å². The summed E-state index contributed by atoms with van der Waals surface area (Å²) in [5.74, 6) is 1.35. The first-order chi connectivity index (χ1) is 17.2. The highest BCUT2D eigenvalue weighted by atomic mass is 32.2. The maximum atomic E-state index is 12.6. The van der Waals surface area contributed by atoms with E-state index < -0.39 is 0 Å². The number of amides is 1. The lowest BCUT2D eigenvalue weighted by Crippen LogP contribution is -2.25. The van der Waals surface area contributed by atoms with Crippen molar-refractivity contribution >= 4 is 28.4 Å². The summed E-state index contributed by atoms with van der Waals surface area (Å²) in [5.41, 5.74) is 3.59. The van der Waals surface area contributed by atoms with Crippen molar-refractivity contribution in [2.45, 2.75) is 63.2 Å². The lowest BCUT2D eigenvalue weighted by atomic mass is 9.95. The third kappa shape index (κ3) is 5.76. The van der Waals surface area contributed by atoms with E-state index in [1.165, 1.54) is 52.9 Å². The van der Waals surface area contributed by atoms with Crippen molar-refractivity contribution in [1.82, 2.24) is 20.1 Å². The van der Waals surface area contributed by atoms with Gasteiger partial charge in [0.2, 0.25) is 5.91 Å². The number of aryl methyl sites for hydroxylation is 1. The molecule has 0 radical (unpaired) electrons. The minimum atomic E-state index is 0.0179. The normalized spacial score (nSPS) is 14.3. The maximum Gasteiger partial charge on any atom is 0.230 e. The molecule has 1 N–H and O–H groups in total. The van der Waals surface area contributed by atoms with Crippen molar-refractivity contribution in [2.75, 3.05) is 5.75 Å². The molecule has 0 bridgehead atoms. The highest BCUT2D eigenvalue weighted by molar-refractivity contribution is 7.99. The minimum absolute atomic E-state index is 0.0179. The molecule has 0 unspecified atom stereocenters. The Labute approximate surface area is 211 Å². The van der Waals surface area contributed by atoms with Crippen molar-refractivity contribution in [2.24, 2.45) is 0 Å². The number of nitrogens with one attached hydrogen (secondary N) is 1. The summed E-state index contributed by atoms with van der Waals surface area (Å²) in [7, 11) is 0. The predicted octanol–water partition coefficient (Wildman–Crippen LogP) is 6.24. The molecule has 0 atom stereocenters. The van der Waals surface area contributed by atoms with Gasteiger partial charge in [-0.3, -0.25) is 4.79 Å². The Morgan fingerprint density at radius 1 is 0.971 bits per heavy atom. The van der Waals surface area contributed by atoms with E-state index in [-0.39, 0.29) is 5.91 Å². The molecule has 5 nitrogen and oxygen atoms in total. The quantitative estimate of drug-likeness (QED) is 0.301. The molecule has 0 spiro atoms. The summed E-state index contributed by atoms with van der Waals surface area (Å²) in [5, 5.41) is 15.6. The number of fused-ring (bicyclic) bond motifs is 1. The van der Waals surface area contributed by atoms with Crippen molar-refractivity contribution in [1.29, 1.82) is 0 Å². The molecule has 5 rings (SSSR count). The number of rotatable bonds is 8. The number of hydrogen-bond acceptors (Lipinski definition) is 4.